The molecule has 5 rings (SSSR count). The Bertz CT molecular complexity index is 1230. The van der Waals surface area contributed by atoms with E-state index in [2.05, 4.69) is 20.1 Å². The molecule has 9 heteroatoms. The van der Waals surface area contributed by atoms with Crippen LogP contribution in [-0.4, -0.2) is 37.5 Å². The number of nitrogens with zero attached hydrogens (tertiary/aromatic N) is 4. The number of carbonyl (C=O) groups is 1. The number of aromatic amines is 1. The topological polar surface area (TPSA) is 97.1 Å². The minimum absolute atomic E-state index is 0.142. The fourth-order valence-electron chi connectivity index (χ4n) is 3.78. The molecule has 1 N–H and O–H groups in total. The second-order valence-corrected chi connectivity index (χ2v) is 7.54. The Morgan fingerprint density at radius 2 is 2.23 bits per heavy atom. The molecule has 4 aromatic rings. The Hall–Kier alpha value is -3.75. The number of carbonyl (C=O) groups excluding carboxylic acids is 1. The maximum atomic E-state index is 13.5. The van der Waals surface area contributed by atoms with Gasteiger partial charge in [0, 0.05) is 18.3 Å². The first-order valence-corrected chi connectivity index (χ1v) is 10.0. The number of nitrogens with one attached hydrogen (secondary N) is 1. The summed E-state index contributed by atoms with van der Waals surface area (Å²) in [6.07, 6.45) is 3.24. The lowest BCUT2D eigenvalue weighted by Gasteiger charge is -2.21. The highest BCUT2D eigenvalue weighted by atomic mass is 19.1. The number of benzene rings is 1. The van der Waals surface area contributed by atoms with Gasteiger partial charge < -0.3 is 19.1 Å². The SMILES string of the molecule is Cc1ccc(OCc2cc(C(=O)N3CCC[C@@H]3c3nc4ccc(F)cc4[nH]3)no2)cn1. The van der Waals surface area contributed by atoms with E-state index in [1.54, 1.807) is 23.2 Å². The van der Waals surface area contributed by atoms with Gasteiger partial charge in [-0.15, -0.1) is 0 Å². The number of ether oxygens (including phenoxy) is 1. The van der Waals surface area contributed by atoms with E-state index in [9.17, 15) is 9.18 Å². The van der Waals surface area contributed by atoms with Crippen molar-refractivity contribution >= 4 is 16.9 Å². The third-order valence-electron chi connectivity index (χ3n) is 5.33. The van der Waals surface area contributed by atoms with Gasteiger partial charge in [0.2, 0.25) is 0 Å². The predicted molar refractivity (Wildman–Crippen MR) is 109 cm³/mol. The number of likely N-dealkylation sites (tertiary alicyclic amines) is 1. The average Bonchev–Trinajstić information content (AvgIpc) is 3.51. The highest BCUT2D eigenvalue weighted by Gasteiger charge is 2.34. The molecule has 1 aliphatic heterocycles. The summed E-state index contributed by atoms with van der Waals surface area (Å²) in [4.78, 5) is 26.7. The van der Waals surface area contributed by atoms with Crippen LogP contribution in [-0.2, 0) is 6.61 Å². The first-order valence-electron chi connectivity index (χ1n) is 10.0. The number of amides is 1. The van der Waals surface area contributed by atoms with Crippen molar-refractivity contribution in [3.63, 3.8) is 0 Å². The van der Waals surface area contributed by atoms with Gasteiger partial charge in [0.1, 0.15) is 24.0 Å². The predicted octanol–water partition coefficient (Wildman–Crippen LogP) is 3.95. The van der Waals surface area contributed by atoms with Gasteiger partial charge in [-0.25, -0.2) is 9.37 Å². The first kappa shape index (κ1) is 19.2. The second kappa shape index (κ2) is 7.82. The van der Waals surface area contributed by atoms with E-state index in [1.807, 2.05) is 19.1 Å². The fourth-order valence-corrected chi connectivity index (χ4v) is 3.78. The van der Waals surface area contributed by atoms with Crippen molar-refractivity contribution in [2.45, 2.75) is 32.4 Å². The van der Waals surface area contributed by atoms with Crippen molar-refractivity contribution in [3.05, 3.63) is 71.4 Å². The molecule has 1 amide bonds. The van der Waals surface area contributed by atoms with Crippen molar-refractivity contribution in [2.24, 2.45) is 0 Å². The molecule has 31 heavy (non-hydrogen) atoms. The lowest BCUT2D eigenvalue weighted by Crippen LogP contribution is -2.31. The Kier molecular flexibility index (Phi) is 4.85. The van der Waals surface area contributed by atoms with E-state index in [4.69, 9.17) is 9.26 Å². The maximum Gasteiger partial charge on any atom is 0.276 e. The number of halogens is 1. The molecular formula is C22H20FN5O3. The lowest BCUT2D eigenvalue weighted by atomic mass is 10.2. The molecule has 0 unspecified atom stereocenters. The van der Waals surface area contributed by atoms with Crippen molar-refractivity contribution in [2.75, 3.05) is 6.54 Å². The summed E-state index contributed by atoms with van der Waals surface area (Å²) in [5.41, 5.74) is 2.40. The summed E-state index contributed by atoms with van der Waals surface area (Å²) in [7, 11) is 0. The maximum absolute atomic E-state index is 13.5. The summed E-state index contributed by atoms with van der Waals surface area (Å²) in [6.45, 7) is 2.62. The monoisotopic (exact) mass is 421 g/mol. The average molecular weight is 421 g/mol. The third kappa shape index (κ3) is 3.86. The number of rotatable bonds is 5. The molecule has 0 radical (unpaired) electrons. The quantitative estimate of drug-likeness (QED) is 0.524. The summed E-state index contributed by atoms with van der Waals surface area (Å²) >= 11 is 0. The minimum atomic E-state index is -0.333. The van der Waals surface area contributed by atoms with Crippen molar-refractivity contribution < 1.29 is 18.4 Å². The third-order valence-corrected chi connectivity index (χ3v) is 5.33. The number of hydrogen-bond acceptors (Lipinski definition) is 6. The number of aromatic nitrogens is 4. The number of fused-ring (bicyclic) bond motifs is 1. The standard InChI is InChI=1S/C22H20FN5O3/c1-13-4-6-15(11-24-13)30-12-16-10-19(27-31-16)22(29)28-8-2-3-20(28)21-25-17-7-5-14(23)9-18(17)26-21/h4-7,9-11,20H,2-3,8,12H2,1H3,(H,25,26)/t20-/m1/s1. The molecule has 4 heterocycles. The number of imidazole rings is 1. The lowest BCUT2D eigenvalue weighted by molar-refractivity contribution is 0.0719. The molecule has 0 bridgehead atoms. The summed E-state index contributed by atoms with van der Waals surface area (Å²) in [5, 5.41) is 3.93. The van der Waals surface area contributed by atoms with Crippen molar-refractivity contribution in [1.82, 2.24) is 25.0 Å². The van der Waals surface area contributed by atoms with Gasteiger partial charge in [0.15, 0.2) is 11.5 Å². The molecule has 1 atom stereocenters. The van der Waals surface area contributed by atoms with E-state index >= 15 is 0 Å². The van der Waals surface area contributed by atoms with Crippen molar-refractivity contribution in [1.29, 1.82) is 0 Å². The van der Waals surface area contributed by atoms with Gasteiger partial charge in [-0.05, 0) is 50.1 Å². The molecule has 1 aromatic carbocycles. The van der Waals surface area contributed by atoms with E-state index in [0.717, 1.165) is 18.5 Å². The Morgan fingerprint density at radius 1 is 1.32 bits per heavy atom. The van der Waals surface area contributed by atoms with Crippen LogP contribution < -0.4 is 4.74 Å². The molecule has 0 aliphatic carbocycles. The van der Waals surface area contributed by atoms with Crippen LogP contribution in [0.4, 0.5) is 4.39 Å². The minimum Gasteiger partial charge on any atom is -0.484 e. The van der Waals surface area contributed by atoms with Crippen LogP contribution in [0.2, 0.25) is 0 Å². The molecule has 158 valence electrons. The summed E-state index contributed by atoms with van der Waals surface area (Å²) in [6, 6.07) is 9.44. The van der Waals surface area contributed by atoms with E-state index < -0.39 is 0 Å². The molecule has 1 aliphatic rings. The van der Waals surface area contributed by atoms with Crippen molar-refractivity contribution in [3.8, 4) is 5.75 Å². The number of hydrogen-bond donors (Lipinski definition) is 1. The highest BCUT2D eigenvalue weighted by Crippen LogP contribution is 2.32. The molecule has 1 saturated heterocycles. The van der Waals surface area contributed by atoms with Gasteiger partial charge in [0.05, 0.1) is 23.3 Å². The highest BCUT2D eigenvalue weighted by molar-refractivity contribution is 5.92. The number of H-pyrrole nitrogens is 1. The summed E-state index contributed by atoms with van der Waals surface area (Å²) < 4.78 is 24.4. The molecule has 1 fully saturated rings. The van der Waals surface area contributed by atoms with Crippen LogP contribution in [0.3, 0.4) is 0 Å². The molecule has 8 nitrogen and oxygen atoms in total. The molecule has 0 saturated carbocycles. The largest absolute Gasteiger partial charge is 0.484 e. The zero-order valence-electron chi connectivity index (χ0n) is 16.8. The van der Waals surface area contributed by atoms with E-state index in [0.29, 0.717) is 34.9 Å². The molecule has 0 spiro atoms. The van der Waals surface area contributed by atoms with Crippen LogP contribution in [0.25, 0.3) is 11.0 Å². The van der Waals surface area contributed by atoms with Gasteiger partial charge in [-0.2, -0.15) is 0 Å². The number of pyridine rings is 1. The molecule has 3 aromatic heterocycles. The Morgan fingerprint density at radius 3 is 3.06 bits per heavy atom. The van der Waals surface area contributed by atoms with Crippen LogP contribution in [0.5, 0.6) is 5.75 Å². The van der Waals surface area contributed by atoms with E-state index in [1.165, 1.54) is 12.1 Å². The smallest absolute Gasteiger partial charge is 0.276 e. The zero-order valence-corrected chi connectivity index (χ0v) is 16.8. The van der Waals surface area contributed by atoms with Crippen LogP contribution >= 0.6 is 0 Å². The Labute approximate surface area is 177 Å². The van der Waals surface area contributed by atoms with Crippen LogP contribution in [0.15, 0.2) is 47.1 Å². The van der Waals surface area contributed by atoms with Gasteiger partial charge in [-0.3, -0.25) is 9.78 Å². The normalized spacial score (nSPS) is 16.2. The fraction of sp³-hybridized carbons (Fsp3) is 0.273. The van der Waals surface area contributed by atoms with Crippen LogP contribution in [0, 0.1) is 12.7 Å². The van der Waals surface area contributed by atoms with E-state index in [-0.39, 0.29) is 30.1 Å². The molecular weight excluding hydrogens is 401 g/mol. The summed E-state index contributed by atoms with van der Waals surface area (Å²) in [5.74, 6) is 1.13. The van der Waals surface area contributed by atoms with Gasteiger partial charge in [-0.1, -0.05) is 5.16 Å². The second-order valence-electron chi connectivity index (χ2n) is 7.54. The first-order chi connectivity index (χ1) is 15.1. The zero-order chi connectivity index (χ0) is 21.4. The number of aryl methyl sites for hydroxylation is 1. The van der Waals surface area contributed by atoms with Gasteiger partial charge >= 0.3 is 0 Å². The van der Waals surface area contributed by atoms with Crippen LogP contribution in [0.1, 0.15) is 46.7 Å². The Balaban J connectivity index is 1.30. The van der Waals surface area contributed by atoms with Gasteiger partial charge in [0.25, 0.3) is 5.91 Å².